The first kappa shape index (κ1) is 95.1. The molecule has 0 aromatic rings. The van der Waals surface area contributed by atoms with Crippen molar-refractivity contribution in [3.63, 3.8) is 0 Å². The number of phosphoric ester groups is 2. The molecule has 0 saturated heterocycles. The Hall–Kier alpha value is -1.94. The van der Waals surface area contributed by atoms with Gasteiger partial charge >= 0.3 is 39.5 Å². The van der Waals surface area contributed by atoms with E-state index >= 15 is 0 Å². The highest BCUT2D eigenvalue weighted by molar-refractivity contribution is 7.47. The number of carbonyl (C=O) groups excluding carboxylic acids is 4. The molecule has 0 rings (SSSR count). The van der Waals surface area contributed by atoms with Gasteiger partial charge in [-0.05, 0) is 49.4 Å². The lowest BCUT2D eigenvalue weighted by molar-refractivity contribution is -0.161. The summed E-state index contributed by atoms with van der Waals surface area (Å²) in [6, 6.07) is 0. The van der Waals surface area contributed by atoms with E-state index in [1.807, 2.05) is 0 Å². The maximum absolute atomic E-state index is 13.1. The summed E-state index contributed by atoms with van der Waals surface area (Å²) in [6.45, 7) is 14.2. The molecule has 0 heterocycles. The van der Waals surface area contributed by atoms with Gasteiger partial charge in [0.05, 0.1) is 26.4 Å². The molecule has 0 spiro atoms. The lowest BCUT2D eigenvalue weighted by Crippen LogP contribution is -2.30. The molecule has 0 aliphatic carbocycles. The number of hydrogen-bond acceptors (Lipinski definition) is 15. The van der Waals surface area contributed by atoms with Crippen molar-refractivity contribution in [3.05, 3.63) is 0 Å². The average Bonchev–Trinajstić information content (AvgIpc) is 1.07. The molecular formula is C78H152O17P2. The number of hydrogen-bond donors (Lipinski definition) is 3. The highest BCUT2D eigenvalue weighted by Crippen LogP contribution is 2.45. The molecule has 0 aliphatic rings. The predicted molar refractivity (Wildman–Crippen MR) is 395 cm³/mol. The van der Waals surface area contributed by atoms with E-state index in [0.717, 1.165) is 120 Å². The van der Waals surface area contributed by atoms with E-state index in [4.69, 9.17) is 37.0 Å². The number of esters is 4. The van der Waals surface area contributed by atoms with Gasteiger partial charge in [0.2, 0.25) is 0 Å². The van der Waals surface area contributed by atoms with Crippen LogP contribution in [0.2, 0.25) is 0 Å². The summed E-state index contributed by atoms with van der Waals surface area (Å²) in [5.41, 5.74) is 0. The van der Waals surface area contributed by atoms with Gasteiger partial charge in [0.25, 0.3) is 0 Å². The van der Waals surface area contributed by atoms with Crippen LogP contribution >= 0.6 is 15.6 Å². The molecule has 0 saturated carbocycles. The van der Waals surface area contributed by atoms with Crippen LogP contribution < -0.4 is 0 Å². The van der Waals surface area contributed by atoms with E-state index in [9.17, 15) is 43.2 Å². The summed E-state index contributed by atoms with van der Waals surface area (Å²) in [5.74, 6) is 0.962. The van der Waals surface area contributed by atoms with Crippen molar-refractivity contribution in [3.8, 4) is 0 Å². The Morgan fingerprint density at radius 1 is 0.289 bits per heavy atom. The molecule has 0 aliphatic heterocycles. The average molecular weight is 1420 g/mol. The highest BCUT2D eigenvalue weighted by Gasteiger charge is 2.30. The molecule has 0 aromatic carbocycles. The number of carbonyl (C=O) groups is 4. The van der Waals surface area contributed by atoms with Crippen molar-refractivity contribution in [2.75, 3.05) is 39.6 Å². The molecular weight excluding hydrogens is 1270 g/mol. The van der Waals surface area contributed by atoms with E-state index in [-0.39, 0.29) is 25.7 Å². The lowest BCUT2D eigenvalue weighted by atomic mass is 10.00. The summed E-state index contributed by atoms with van der Waals surface area (Å²) in [7, 11) is -9.92. The summed E-state index contributed by atoms with van der Waals surface area (Å²) >= 11 is 0. The second-order valence-electron chi connectivity index (χ2n) is 29.8. The predicted octanol–water partition coefficient (Wildman–Crippen LogP) is 22.8. The third kappa shape index (κ3) is 70.9. The van der Waals surface area contributed by atoms with Crippen LogP contribution in [0.15, 0.2) is 0 Å². The largest absolute Gasteiger partial charge is 0.472 e. The summed E-state index contributed by atoms with van der Waals surface area (Å²) in [4.78, 5) is 72.9. The number of unbranched alkanes of at least 4 members (excludes halogenated alkanes) is 40. The Morgan fingerprint density at radius 2 is 0.495 bits per heavy atom. The van der Waals surface area contributed by atoms with Crippen molar-refractivity contribution >= 4 is 39.5 Å². The van der Waals surface area contributed by atoms with Gasteiger partial charge in [-0.15, -0.1) is 0 Å². The minimum atomic E-state index is -4.96. The van der Waals surface area contributed by atoms with E-state index < -0.39 is 97.5 Å². The maximum Gasteiger partial charge on any atom is 0.472 e. The van der Waals surface area contributed by atoms with E-state index in [0.29, 0.717) is 25.7 Å². The van der Waals surface area contributed by atoms with E-state index in [1.54, 1.807) is 0 Å². The first-order valence-corrected chi connectivity index (χ1v) is 43.2. The SMILES string of the molecule is CCC(C)CCCCCCCCC(=O)OC[C@H](COP(=O)(O)OC[C@H](O)COP(=O)(O)OC[C@@H](COC(=O)CCCCCCCCCCCCCCC(C)C)OC(=O)CCCCCCCCCCCCCC(C)C)OC(=O)CCCCCCCCCCCCCCCCCC(C)C. The third-order valence-electron chi connectivity index (χ3n) is 18.4. The zero-order chi connectivity index (χ0) is 71.7. The Kier molecular flexibility index (Phi) is 65.9. The molecule has 0 fully saturated rings. The van der Waals surface area contributed by atoms with Gasteiger partial charge in [-0.2, -0.15) is 0 Å². The first-order chi connectivity index (χ1) is 46.6. The molecule has 0 amide bonds. The maximum atomic E-state index is 13.1. The molecule has 0 radical (unpaired) electrons. The van der Waals surface area contributed by atoms with E-state index in [1.165, 1.54) is 193 Å². The molecule has 17 nitrogen and oxygen atoms in total. The monoisotopic (exact) mass is 1420 g/mol. The van der Waals surface area contributed by atoms with Gasteiger partial charge in [0.15, 0.2) is 12.2 Å². The number of aliphatic hydroxyl groups is 1. The minimum Gasteiger partial charge on any atom is -0.462 e. The summed E-state index contributed by atoms with van der Waals surface area (Å²) in [6.07, 6.45) is 52.7. The fourth-order valence-corrected chi connectivity index (χ4v) is 13.5. The summed E-state index contributed by atoms with van der Waals surface area (Å²) < 4.78 is 68.6. The van der Waals surface area contributed by atoms with Gasteiger partial charge in [-0.3, -0.25) is 37.3 Å². The number of ether oxygens (including phenoxy) is 4. The molecule has 576 valence electrons. The Balaban J connectivity index is 5.24. The van der Waals surface area contributed by atoms with Crippen molar-refractivity contribution < 1.29 is 80.2 Å². The normalized spacial score (nSPS) is 14.4. The van der Waals surface area contributed by atoms with Crippen LogP contribution in [-0.4, -0.2) is 96.7 Å². The first-order valence-electron chi connectivity index (χ1n) is 40.2. The number of rotatable bonds is 75. The standard InChI is InChI=1S/C78H152O17P2/c1-9-71(8)57-49-41-36-37-43-51-59-76(81)89-65-74(95-77(82)60-52-44-34-28-22-14-12-10-11-13-18-24-30-38-46-54-68(2)3)67-93-97(86,87)91-63-72(79)62-90-96(84,85)92-66-73(94-78(83)61-53-45-35-29-23-17-20-26-32-40-48-56-70(6)7)64-88-75(80)58-50-42-33-27-21-16-15-19-25-31-39-47-55-69(4)5/h68-74,79H,9-67H2,1-8H3,(H,84,85)(H,86,87)/t71?,72-,73-,74-/m1/s1. The lowest BCUT2D eigenvalue weighted by Gasteiger charge is -2.21. The van der Waals surface area contributed by atoms with Gasteiger partial charge in [-0.1, -0.05) is 344 Å². The van der Waals surface area contributed by atoms with Crippen molar-refractivity contribution in [2.24, 2.45) is 23.7 Å². The van der Waals surface area contributed by atoms with Gasteiger partial charge < -0.3 is 33.8 Å². The molecule has 3 unspecified atom stereocenters. The van der Waals surface area contributed by atoms with Crippen molar-refractivity contribution in [1.82, 2.24) is 0 Å². The quantitative estimate of drug-likeness (QED) is 0.0222. The third-order valence-corrected chi connectivity index (χ3v) is 20.3. The zero-order valence-corrected chi connectivity index (χ0v) is 65.5. The van der Waals surface area contributed by atoms with Crippen molar-refractivity contribution in [1.29, 1.82) is 0 Å². The number of phosphoric acid groups is 2. The van der Waals surface area contributed by atoms with Crippen LogP contribution in [-0.2, 0) is 65.4 Å². The molecule has 0 aromatic heterocycles. The second kappa shape index (κ2) is 67.2. The second-order valence-corrected chi connectivity index (χ2v) is 32.7. The van der Waals surface area contributed by atoms with Gasteiger partial charge in [0, 0.05) is 25.7 Å². The molecule has 19 heteroatoms. The fraction of sp³-hybridized carbons (Fsp3) is 0.949. The van der Waals surface area contributed by atoms with Crippen LogP contribution in [0.1, 0.15) is 396 Å². The minimum absolute atomic E-state index is 0.106. The van der Waals surface area contributed by atoms with Crippen LogP contribution in [0, 0.1) is 23.7 Å². The highest BCUT2D eigenvalue weighted by atomic mass is 31.2. The molecule has 6 atom stereocenters. The van der Waals surface area contributed by atoms with E-state index in [2.05, 4.69) is 55.4 Å². The summed E-state index contributed by atoms with van der Waals surface area (Å²) in [5, 5.41) is 10.6. The van der Waals surface area contributed by atoms with Gasteiger partial charge in [-0.25, -0.2) is 9.13 Å². The van der Waals surface area contributed by atoms with Crippen molar-refractivity contribution in [2.45, 2.75) is 414 Å². The Labute approximate surface area is 594 Å². The van der Waals surface area contributed by atoms with Crippen LogP contribution in [0.4, 0.5) is 0 Å². The molecule has 3 N–H and O–H groups in total. The Bertz CT molecular complexity index is 1900. The van der Waals surface area contributed by atoms with Crippen LogP contribution in [0.3, 0.4) is 0 Å². The van der Waals surface area contributed by atoms with Crippen LogP contribution in [0.5, 0.6) is 0 Å². The van der Waals surface area contributed by atoms with Gasteiger partial charge in [0.1, 0.15) is 19.3 Å². The molecule has 97 heavy (non-hydrogen) atoms. The topological polar surface area (TPSA) is 237 Å². The van der Waals surface area contributed by atoms with Crippen LogP contribution in [0.25, 0.3) is 0 Å². The fourth-order valence-electron chi connectivity index (χ4n) is 11.9. The molecule has 0 bridgehead atoms. The smallest absolute Gasteiger partial charge is 0.462 e. The Morgan fingerprint density at radius 3 is 0.732 bits per heavy atom. The number of aliphatic hydroxyl groups excluding tert-OH is 1. The zero-order valence-electron chi connectivity index (χ0n) is 63.7.